The van der Waals surface area contributed by atoms with Crippen molar-refractivity contribution >= 4 is 17.6 Å². The Hall–Kier alpha value is -2.88. The number of ether oxygens (including phenoxy) is 1. The van der Waals surface area contributed by atoms with Gasteiger partial charge in [-0.25, -0.2) is 0 Å². The van der Waals surface area contributed by atoms with Gasteiger partial charge in [0.25, 0.3) is 11.8 Å². The molecule has 7 nitrogen and oxygen atoms in total. The van der Waals surface area contributed by atoms with Gasteiger partial charge in [0.1, 0.15) is 5.69 Å². The van der Waals surface area contributed by atoms with Gasteiger partial charge in [-0.15, -0.1) is 0 Å². The minimum Gasteiger partial charge on any atom is -0.367 e. The van der Waals surface area contributed by atoms with Gasteiger partial charge in [0.2, 0.25) is 0 Å². The number of carbonyl (C=O) groups excluding carboxylic acids is 2. The average molecular weight is 356 g/mol. The number of alkyl halides is 3. The Morgan fingerprint density at radius 3 is 2.56 bits per heavy atom. The summed E-state index contributed by atoms with van der Waals surface area (Å²) < 4.78 is 44.3. The predicted octanol–water partition coefficient (Wildman–Crippen LogP) is 2.11. The largest absolute Gasteiger partial charge is 0.416 e. The first kappa shape index (κ1) is 18.5. The quantitative estimate of drug-likeness (QED) is 0.765. The molecule has 2 aromatic rings. The molecule has 25 heavy (non-hydrogen) atoms. The number of nitrogens with one attached hydrogen (secondary N) is 3. The summed E-state index contributed by atoms with van der Waals surface area (Å²) in [5, 5.41) is 10.8. The maximum Gasteiger partial charge on any atom is 0.416 e. The molecule has 0 fully saturated rings. The molecule has 10 heteroatoms. The maximum absolute atomic E-state index is 13.1. The van der Waals surface area contributed by atoms with Gasteiger partial charge in [-0.1, -0.05) is 18.2 Å². The first-order valence-corrected chi connectivity index (χ1v) is 7.05. The van der Waals surface area contributed by atoms with Crippen LogP contribution in [0.2, 0.25) is 0 Å². The summed E-state index contributed by atoms with van der Waals surface area (Å²) >= 11 is 0. The highest BCUT2D eigenvalue weighted by Gasteiger charge is 2.37. The van der Waals surface area contributed by atoms with Gasteiger partial charge in [0, 0.05) is 25.8 Å². The maximum atomic E-state index is 13.1. The lowest BCUT2D eigenvalue weighted by Crippen LogP contribution is -2.25. The summed E-state index contributed by atoms with van der Waals surface area (Å²) in [6.07, 6.45) is -6.13. The molecular formula is C15H15F3N4O3. The first-order valence-electron chi connectivity index (χ1n) is 7.05. The van der Waals surface area contributed by atoms with Gasteiger partial charge in [-0.2, -0.15) is 18.3 Å². The van der Waals surface area contributed by atoms with Crippen molar-refractivity contribution in [3.8, 4) is 0 Å². The van der Waals surface area contributed by atoms with E-state index in [0.29, 0.717) is 0 Å². The van der Waals surface area contributed by atoms with Gasteiger partial charge in [-0.05, 0) is 6.07 Å². The molecule has 1 unspecified atom stereocenters. The number of aromatic nitrogens is 2. The molecule has 0 spiro atoms. The van der Waals surface area contributed by atoms with Crippen LogP contribution in [-0.4, -0.2) is 36.2 Å². The molecule has 1 heterocycles. The van der Waals surface area contributed by atoms with Crippen LogP contribution in [0, 0.1) is 0 Å². The van der Waals surface area contributed by atoms with Crippen LogP contribution in [0.5, 0.6) is 0 Å². The van der Waals surface area contributed by atoms with Crippen molar-refractivity contribution in [3.05, 3.63) is 47.2 Å². The normalized spacial score (nSPS) is 12.5. The van der Waals surface area contributed by atoms with E-state index in [9.17, 15) is 22.8 Å². The highest BCUT2D eigenvalue weighted by Crippen LogP contribution is 2.35. The second-order valence-corrected chi connectivity index (χ2v) is 4.94. The molecule has 0 radical (unpaired) electrons. The topological polar surface area (TPSA) is 96.1 Å². The molecule has 2 rings (SSSR count). The molecule has 0 saturated heterocycles. The Morgan fingerprint density at radius 2 is 1.96 bits per heavy atom. The highest BCUT2D eigenvalue weighted by molar-refractivity contribution is 5.97. The fraction of sp³-hybridized carbons (Fsp3) is 0.267. The average Bonchev–Trinajstić information content (AvgIpc) is 3.02. The van der Waals surface area contributed by atoms with Crippen molar-refractivity contribution in [3.63, 3.8) is 0 Å². The van der Waals surface area contributed by atoms with Crippen LogP contribution >= 0.6 is 0 Å². The van der Waals surface area contributed by atoms with Gasteiger partial charge < -0.3 is 15.4 Å². The second kappa shape index (κ2) is 7.34. The molecule has 3 N–H and O–H groups in total. The number of H-pyrrole nitrogens is 1. The molecule has 1 aromatic carbocycles. The fourth-order valence-corrected chi connectivity index (χ4v) is 2.19. The summed E-state index contributed by atoms with van der Waals surface area (Å²) in [4.78, 5) is 23.7. The number of hydrogen-bond donors (Lipinski definition) is 3. The smallest absolute Gasteiger partial charge is 0.367 e. The van der Waals surface area contributed by atoms with Gasteiger partial charge >= 0.3 is 6.18 Å². The predicted molar refractivity (Wildman–Crippen MR) is 81.8 cm³/mol. The molecule has 0 bridgehead atoms. The van der Waals surface area contributed by atoms with Crippen molar-refractivity contribution in [2.45, 2.75) is 12.3 Å². The number of halogens is 3. The summed E-state index contributed by atoms with van der Waals surface area (Å²) in [5.74, 6) is -1.33. The van der Waals surface area contributed by atoms with Crippen molar-refractivity contribution in [1.29, 1.82) is 0 Å². The number of carbonyl (C=O) groups is 2. The van der Waals surface area contributed by atoms with E-state index in [4.69, 9.17) is 4.74 Å². The summed E-state index contributed by atoms with van der Waals surface area (Å²) in [5.41, 5.74) is -1.20. The lowest BCUT2D eigenvalue weighted by Gasteiger charge is -2.19. The molecule has 0 aliphatic carbocycles. The third-order valence-corrected chi connectivity index (χ3v) is 3.32. The third-order valence-electron chi connectivity index (χ3n) is 3.32. The molecule has 134 valence electrons. The number of hydrogen-bond acceptors (Lipinski definition) is 4. The number of nitrogens with zero attached hydrogens (tertiary/aromatic N) is 1. The van der Waals surface area contributed by atoms with Gasteiger partial charge in [0.05, 0.1) is 5.56 Å². The monoisotopic (exact) mass is 356 g/mol. The van der Waals surface area contributed by atoms with Crippen LogP contribution in [0.25, 0.3) is 0 Å². The molecule has 2 amide bonds. The summed E-state index contributed by atoms with van der Waals surface area (Å²) in [6.45, 7) is 0. The molecule has 1 atom stereocenters. The van der Waals surface area contributed by atoms with Crippen LogP contribution in [0.4, 0.5) is 19.0 Å². The van der Waals surface area contributed by atoms with E-state index in [0.717, 1.165) is 19.2 Å². The fourth-order valence-electron chi connectivity index (χ4n) is 2.19. The van der Waals surface area contributed by atoms with Crippen molar-refractivity contribution < 1.29 is 27.5 Å². The molecule has 0 saturated carbocycles. The lowest BCUT2D eigenvalue weighted by molar-refractivity contribution is -0.140. The first-order chi connectivity index (χ1) is 11.8. The molecule has 0 aliphatic heterocycles. The number of benzene rings is 1. The van der Waals surface area contributed by atoms with Gasteiger partial charge in [0.15, 0.2) is 11.9 Å². The van der Waals surface area contributed by atoms with Crippen LogP contribution < -0.4 is 10.6 Å². The van der Waals surface area contributed by atoms with Crippen molar-refractivity contribution in [1.82, 2.24) is 15.5 Å². The zero-order valence-electron chi connectivity index (χ0n) is 13.3. The molecular weight excluding hydrogens is 341 g/mol. The zero-order chi connectivity index (χ0) is 18.6. The number of rotatable bonds is 5. The van der Waals surface area contributed by atoms with Crippen LogP contribution in [0.15, 0.2) is 30.3 Å². The van der Waals surface area contributed by atoms with Crippen molar-refractivity contribution in [2.75, 3.05) is 19.5 Å². The minimum absolute atomic E-state index is 0.0184. The Kier molecular flexibility index (Phi) is 5.42. The Bertz CT molecular complexity index is 773. The number of methoxy groups -OCH3 is 1. The third kappa shape index (κ3) is 4.15. The van der Waals surface area contributed by atoms with E-state index < -0.39 is 29.7 Å². The number of anilines is 1. The summed E-state index contributed by atoms with van der Waals surface area (Å²) in [7, 11) is 2.54. The SMILES string of the molecule is CNC(=O)c1cc(NC(=O)C(OC)c2ccccc2C(F)(F)F)n[nH]1. The second-order valence-electron chi connectivity index (χ2n) is 4.94. The highest BCUT2D eigenvalue weighted by atomic mass is 19.4. The molecule has 0 aliphatic rings. The van der Waals surface area contributed by atoms with Crippen molar-refractivity contribution in [2.24, 2.45) is 0 Å². The Balaban J connectivity index is 2.25. The van der Waals surface area contributed by atoms with E-state index >= 15 is 0 Å². The van der Waals surface area contributed by atoms with E-state index in [1.54, 1.807) is 0 Å². The standard InChI is InChI=1S/C15H15F3N4O3/c1-19-13(23)10-7-11(22-21-10)20-14(24)12(25-2)8-5-3-4-6-9(8)15(16,17)18/h3-7,12H,1-2H3,(H,19,23)(H2,20,21,22,24). The minimum atomic E-state index is -4.63. The van der Waals surface area contributed by atoms with E-state index in [1.807, 2.05) is 0 Å². The summed E-state index contributed by atoms with van der Waals surface area (Å²) in [6, 6.07) is 5.88. The lowest BCUT2D eigenvalue weighted by atomic mass is 10.0. The van der Waals surface area contributed by atoms with E-state index in [2.05, 4.69) is 20.8 Å². The number of aromatic amines is 1. The van der Waals surface area contributed by atoms with Crippen LogP contribution in [0.1, 0.15) is 27.7 Å². The Morgan fingerprint density at radius 1 is 1.28 bits per heavy atom. The zero-order valence-corrected chi connectivity index (χ0v) is 13.3. The van der Waals surface area contributed by atoms with Crippen LogP contribution in [0.3, 0.4) is 0 Å². The number of amides is 2. The van der Waals surface area contributed by atoms with Gasteiger partial charge in [-0.3, -0.25) is 14.7 Å². The Labute approximate surface area is 140 Å². The van der Waals surface area contributed by atoms with E-state index in [1.165, 1.54) is 25.2 Å². The van der Waals surface area contributed by atoms with Crippen LogP contribution in [-0.2, 0) is 15.7 Å². The van der Waals surface area contributed by atoms with E-state index in [-0.39, 0.29) is 17.1 Å². The molecule has 1 aromatic heterocycles.